The van der Waals surface area contributed by atoms with Gasteiger partial charge in [0.25, 0.3) is 10.0 Å². The molecule has 0 aliphatic carbocycles. The SMILES string of the molecule is O=S1(=O)CCN2C(=N1)Oc1ccc(Cl)cc12. The van der Waals surface area contributed by atoms with Crippen LogP contribution < -0.4 is 9.64 Å². The van der Waals surface area contributed by atoms with Crippen LogP contribution in [0.2, 0.25) is 5.02 Å². The Bertz CT molecular complexity index is 597. The van der Waals surface area contributed by atoms with Crippen LogP contribution in [-0.4, -0.2) is 26.7 Å². The number of nitrogens with zero attached hydrogens (tertiary/aromatic N) is 2. The Morgan fingerprint density at radius 1 is 1.44 bits per heavy atom. The molecule has 0 amide bonds. The normalized spacial score (nSPS) is 20.8. The van der Waals surface area contributed by atoms with E-state index in [0.29, 0.717) is 17.3 Å². The fourth-order valence-electron chi connectivity index (χ4n) is 1.70. The van der Waals surface area contributed by atoms with Gasteiger partial charge in [-0.05, 0) is 18.2 Å². The molecule has 3 rings (SSSR count). The van der Waals surface area contributed by atoms with Crippen LogP contribution in [0.15, 0.2) is 22.6 Å². The number of hydrogen-bond donors (Lipinski definition) is 0. The predicted molar refractivity (Wildman–Crippen MR) is 60.6 cm³/mol. The van der Waals surface area contributed by atoms with Crippen molar-refractivity contribution in [1.82, 2.24) is 0 Å². The van der Waals surface area contributed by atoms with E-state index in [1.54, 1.807) is 23.1 Å². The number of amidine groups is 1. The number of fused-ring (bicyclic) bond motifs is 3. The standard InChI is InChI=1S/C9H7ClN2O3S/c10-6-1-2-8-7(5-6)12-3-4-16(13,14)11-9(12)15-8/h1-2,5H,3-4H2. The molecule has 0 saturated carbocycles. The Morgan fingerprint density at radius 2 is 2.25 bits per heavy atom. The van der Waals surface area contributed by atoms with Gasteiger partial charge in [0, 0.05) is 11.6 Å². The lowest BCUT2D eigenvalue weighted by Gasteiger charge is -2.19. The molecular weight excluding hydrogens is 252 g/mol. The van der Waals surface area contributed by atoms with Crippen LogP contribution in [0.25, 0.3) is 0 Å². The number of benzene rings is 1. The summed E-state index contributed by atoms with van der Waals surface area (Å²) >= 11 is 5.87. The molecule has 0 N–H and O–H groups in total. The molecule has 0 radical (unpaired) electrons. The molecule has 2 aliphatic heterocycles. The van der Waals surface area contributed by atoms with E-state index < -0.39 is 10.0 Å². The first-order chi connectivity index (χ1) is 7.55. The fourth-order valence-corrected chi connectivity index (χ4v) is 2.74. The van der Waals surface area contributed by atoms with Gasteiger partial charge >= 0.3 is 6.02 Å². The molecule has 1 aromatic rings. The Balaban J connectivity index is 2.13. The van der Waals surface area contributed by atoms with Gasteiger partial charge in [0.05, 0.1) is 11.4 Å². The minimum Gasteiger partial charge on any atom is -0.423 e. The maximum atomic E-state index is 11.3. The third kappa shape index (κ3) is 1.45. The maximum Gasteiger partial charge on any atom is 0.313 e. The zero-order chi connectivity index (χ0) is 11.3. The molecular formula is C9H7ClN2O3S. The summed E-state index contributed by atoms with van der Waals surface area (Å²) < 4.78 is 31.5. The van der Waals surface area contributed by atoms with Crippen molar-refractivity contribution in [3.8, 4) is 5.75 Å². The van der Waals surface area contributed by atoms with Crippen LogP contribution >= 0.6 is 11.6 Å². The van der Waals surface area contributed by atoms with Gasteiger partial charge in [0.2, 0.25) is 0 Å². The fraction of sp³-hybridized carbons (Fsp3) is 0.222. The third-order valence-electron chi connectivity index (χ3n) is 2.43. The lowest BCUT2D eigenvalue weighted by atomic mass is 10.3. The number of rotatable bonds is 0. The molecule has 0 aromatic heterocycles. The van der Waals surface area contributed by atoms with Gasteiger partial charge in [0.1, 0.15) is 0 Å². The lowest BCUT2D eigenvalue weighted by Crippen LogP contribution is -2.38. The van der Waals surface area contributed by atoms with Crippen molar-refractivity contribution in [1.29, 1.82) is 0 Å². The number of hydrogen-bond acceptors (Lipinski definition) is 4. The van der Waals surface area contributed by atoms with E-state index in [0.717, 1.165) is 5.69 Å². The van der Waals surface area contributed by atoms with E-state index in [4.69, 9.17) is 16.3 Å². The lowest BCUT2D eigenvalue weighted by molar-refractivity contribution is 0.554. The van der Waals surface area contributed by atoms with Crippen molar-refractivity contribution >= 4 is 33.3 Å². The highest BCUT2D eigenvalue weighted by molar-refractivity contribution is 7.90. The van der Waals surface area contributed by atoms with Crippen LogP contribution in [0.3, 0.4) is 0 Å². The number of ether oxygens (including phenoxy) is 1. The van der Waals surface area contributed by atoms with Crippen LogP contribution in [0.1, 0.15) is 0 Å². The minimum absolute atomic E-state index is 0.00812. The van der Waals surface area contributed by atoms with Crippen molar-refractivity contribution in [2.45, 2.75) is 0 Å². The second kappa shape index (κ2) is 3.11. The van der Waals surface area contributed by atoms with Gasteiger partial charge < -0.3 is 4.74 Å². The van der Waals surface area contributed by atoms with Crippen LogP contribution in [0.4, 0.5) is 5.69 Å². The van der Waals surface area contributed by atoms with Crippen molar-refractivity contribution in [2.24, 2.45) is 4.40 Å². The van der Waals surface area contributed by atoms with Crippen LogP contribution in [0.5, 0.6) is 5.75 Å². The molecule has 1 aromatic carbocycles. The molecule has 7 heteroatoms. The van der Waals surface area contributed by atoms with E-state index in [9.17, 15) is 8.42 Å². The van der Waals surface area contributed by atoms with Gasteiger partial charge in [-0.1, -0.05) is 11.6 Å². The highest BCUT2D eigenvalue weighted by atomic mass is 35.5. The zero-order valence-electron chi connectivity index (χ0n) is 8.05. The van der Waals surface area contributed by atoms with Crippen LogP contribution in [-0.2, 0) is 10.0 Å². The summed E-state index contributed by atoms with van der Waals surface area (Å²) in [6.07, 6.45) is 0. The van der Waals surface area contributed by atoms with E-state index in [2.05, 4.69) is 4.40 Å². The van der Waals surface area contributed by atoms with Gasteiger partial charge in [-0.3, -0.25) is 4.90 Å². The van der Waals surface area contributed by atoms with Crippen LogP contribution in [0, 0.1) is 0 Å². The largest absolute Gasteiger partial charge is 0.423 e. The summed E-state index contributed by atoms with van der Waals surface area (Å²) in [4.78, 5) is 1.71. The molecule has 0 unspecified atom stereocenters. The molecule has 84 valence electrons. The Labute approximate surface area is 97.3 Å². The smallest absolute Gasteiger partial charge is 0.313 e. The summed E-state index contributed by atoms with van der Waals surface area (Å²) in [7, 11) is -3.38. The van der Waals surface area contributed by atoms with Gasteiger partial charge in [-0.25, -0.2) is 8.42 Å². The van der Waals surface area contributed by atoms with Gasteiger partial charge in [-0.2, -0.15) is 0 Å². The molecule has 2 aliphatic rings. The molecule has 0 atom stereocenters. The Hall–Kier alpha value is -1.27. The Kier molecular flexibility index (Phi) is 1.93. The molecule has 0 bridgehead atoms. The molecule has 2 heterocycles. The number of anilines is 1. The van der Waals surface area contributed by atoms with E-state index >= 15 is 0 Å². The predicted octanol–water partition coefficient (Wildman–Crippen LogP) is 1.24. The second-order valence-electron chi connectivity index (χ2n) is 3.53. The van der Waals surface area contributed by atoms with E-state index in [1.165, 1.54) is 0 Å². The summed E-state index contributed by atoms with van der Waals surface area (Å²) in [6.45, 7) is 0.342. The van der Waals surface area contributed by atoms with Crippen molar-refractivity contribution in [2.75, 3.05) is 17.2 Å². The summed E-state index contributed by atoms with van der Waals surface area (Å²) in [5.74, 6) is 0.575. The molecule has 16 heavy (non-hydrogen) atoms. The monoisotopic (exact) mass is 258 g/mol. The topological polar surface area (TPSA) is 59.0 Å². The van der Waals surface area contributed by atoms with Gasteiger partial charge in [0.15, 0.2) is 5.75 Å². The van der Waals surface area contributed by atoms with Crippen molar-refractivity contribution in [3.05, 3.63) is 23.2 Å². The summed E-state index contributed by atoms with van der Waals surface area (Å²) in [5, 5.41) is 0.581. The summed E-state index contributed by atoms with van der Waals surface area (Å²) in [5.41, 5.74) is 0.765. The van der Waals surface area contributed by atoms with Crippen molar-refractivity contribution < 1.29 is 13.2 Å². The Morgan fingerprint density at radius 3 is 3.06 bits per heavy atom. The maximum absolute atomic E-state index is 11.3. The minimum atomic E-state index is -3.38. The average Bonchev–Trinajstić information content (AvgIpc) is 2.52. The van der Waals surface area contributed by atoms with E-state index in [1.807, 2.05) is 0 Å². The molecule has 0 spiro atoms. The van der Waals surface area contributed by atoms with E-state index in [-0.39, 0.29) is 11.8 Å². The first-order valence-electron chi connectivity index (χ1n) is 4.63. The third-order valence-corrected chi connectivity index (χ3v) is 3.80. The number of sulfonamides is 1. The zero-order valence-corrected chi connectivity index (χ0v) is 9.62. The highest BCUT2D eigenvalue weighted by Crippen LogP contribution is 2.38. The second-order valence-corrected chi connectivity index (χ2v) is 5.72. The number of halogens is 1. The highest BCUT2D eigenvalue weighted by Gasteiger charge is 2.34. The molecule has 5 nitrogen and oxygen atoms in total. The quantitative estimate of drug-likeness (QED) is 0.702. The van der Waals surface area contributed by atoms with Gasteiger partial charge in [-0.15, -0.1) is 4.40 Å². The summed E-state index contributed by atoms with van der Waals surface area (Å²) in [6, 6.07) is 5.24. The molecule has 0 fully saturated rings. The first-order valence-corrected chi connectivity index (χ1v) is 6.61. The molecule has 0 saturated heterocycles. The average molecular weight is 259 g/mol. The van der Waals surface area contributed by atoms with Crippen molar-refractivity contribution in [3.63, 3.8) is 0 Å². The first kappa shape index (κ1) is 9.92.